The van der Waals surface area contributed by atoms with Gasteiger partial charge in [-0.3, -0.25) is 0 Å². The fraction of sp³-hybridized carbons (Fsp3) is 0.147. The first-order chi connectivity index (χ1) is 33.6. The summed E-state index contributed by atoms with van der Waals surface area (Å²) in [5, 5.41) is 5.40. The molecule has 13 rings (SSSR count). The maximum Gasteiger partial charge on any atom is 0.0725 e. The third kappa shape index (κ3) is 9.06. The number of nitrogens with zero attached hydrogens (tertiary/aromatic N) is 1. The Morgan fingerprint density at radius 2 is 0.797 bits per heavy atom. The van der Waals surface area contributed by atoms with Gasteiger partial charge < -0.3 is 4.57 Å². The van der Waals surface area contributed by atoms with Crippen LogP contribution in [0.1, 0.15) is 75.4 Å². The van der Waals surface area contributed by atoms with Crippen molar-refractivity contribution in [3.05, 3.63) is 286 Å². The molecular formula is C68H63N. The van der Waals surface area contributed by atoms with Gasteiger partial charge in [0.15, 0.2) is 0 Å². The second-order valence-corrected chi connectivity index (χ2v) is 19.0. The molecule has 0 saturated heterocycles. The molecule has 0 bridgehead atoms. The number of hydrogen-bond donors (Lipinski definition) is 0. The van der Waals surface area contributed by atoms with Gasteiger partial charge in [-0.05, 0) is 125 Å². The van der Waals surface area contributed by atoms with Crippen molar-refractivity contribution in [3.8, 4) is 22.3 Å². The van der Waals surface area contributed by atoms with Gasteiger partial charge in [0.2, 0.25) is 0 Å². The van der Waals surface area contributed by atoms with Gasteiger partial charge in [-0.1, -0.05) is 249 Å². The normalized spacial score (nSPS) is 12.0. The zero-order valence-corrected chi connectivity index (χ0v) is 41.5. The highest BCUT2D eigenvalue weighted by atomic mass is 14.9. The second kappa shape index (κ2) is 20.2. The summed E-state index contributed by atoms with van der Waals surface area (Å²) < 4.78 is 2.26. The van der Waals surface area contributed by atoms with Crippen LogP contribution in [-0.2, 0) is 12.5 Å². The molecule has 2 aliphatic carbocycles. The maximum atomic E-state index is 2.46. The molecule has 0 unspecified atom stereocenters. The molecule has 340 valence electrons. The van der Waals surface area contributed by atoms with E-state index >= 15 is 0 Å². The monoisotopic (exact) mass is 893 g/mol. The summed E-state index contributed by atoms with van der Waals surface area (Å²) in [5.41, 5.74) is 21.6. The SMILES string of the molecule is CC(C)c1ccccc1.Cc1ccc2c(c1)C1(c3ccccc3-c3ccccc31)c1cc(C)c3ccccc3c1-2.Cc1ccc2c3ccccc3n(C)c2c1.Cc1ccccc1.Cc1ccccc1. The number of hydrogen-bond acceptors (Lipinski definition) is 0. The smallest absolute Gasteiger partial charge is 0.0725 e. The molecule has 1 spiro atoms. The fourth-order valence-corrected chi connectivity index (χ4v) is 10.5. The van der Waals surface area contributed by atoms with Crippen LogP contribution in [-0.4, -0.2) is 4.57 Å². The van der Waals surface area contributed by atoms with Crippen molar-refractivity contribution >= 4 is 32.6 Å². The largest absolute Gasteiger partial charge is 0.344 e. The Morgan fingerprint density at radius 3 is 1.35 bits per heavy atom. The third-order valence-corrected chi connectivity index (χ3v) is 13.9. The fourth-order valence-electron chi connectivity index (χ4n) is 10.5. The Labute approximate surface area is 410 Å². The highest BCUT2D eigenvalue weighted by Gasteiger charge is 2.52. The first kappa shape index (κ1) is 46.4. The quantitative estimate of drug-likeness (QED) is 0.155. The molecule has 0 radical (unpaired) electrons. The summed E-state index contributed by atoms with van der Waals surface area (Å²) in [5.74, 6) is 0.659. The predicted molar refractivity (Wildman–Crippen MR) is 298 cm³/mol. The first-order valence-electron chi connectivity index (χ1n) is 24.4. The Hall–Kier alpha value is -7.74. The number of aryl methyl sites for hydroxylation is 6. The van der Waals surface area contributed by atoms with Gasteiger partial charge in [-0.25, -0.2) is 0 Å². The van der Waals surface area contributed by atoms with E-state index in [1.807, 2.05) is 42.5 Å². The van der Waals surface area contributed by atoms with E-state index in [4.69, 9.17) is 0 Å². The van der Waals surface area contributed by atoms with Crippen LogP contribution < -0.4 is 0 Å². The van der Waals surface area contributed by atoms with Crippen molar-refractivity contribution in [1.82, 2.24) is 4.57 Å². The lowest BCUT2D eigenvalue weighted by molar-refractivity contribution is 0.792. The van der Waals surface area contributed by atoms with E-state index in [-0.39, 0.29) is 5.41 Å². The summed E-state index contributed by atoms with van der Waals surface area (Å²) >= 11 is 0. The highest BCUT2D eigenvalue weighted by Crippen LogP contribution is 2.64. The van der Waals surface area contributed by atoms with Crippen LogP contribution in [0.4, 0.5) is 0 Å². The number of para-hydroxylation sites is 1. The summed E-state index contributed by atoms with van der Waals surface area (Å²) in [6.07, 6.45) is 0. The van der Waals surface area contributed by atoms with Gasteiger partial charge in [0, 0.05) is 28.9 Å². The average Bonchev–Trinajstić information content (AvgIpc) is 3.96. The Bertz CT molecular complexity index is 3440. The first-order valence-corrected chi connectivity index (χ1v) is 24.4. The van der Waals surface area contributed by atoms with Crippen molar-refractivity contribution in [2.45, 2.75) is 59.8 Å². The molecule has 0 N–H and O–H groups in total. The molecule has 1 heteroatoms. The van der Waals surface area contributed by atoms with E-state index in [1.165, 1.54) is 110 Å². The lowest BCUT2D eigenvalue weighted by atomic mass is 9.70. The Kier molecular flexibility index (Phi) is 13.6. The van der Waals surface area contributed by atoms with Crippen molar-refractivity contribution in [2.75, 3.05) is 0 Å². The zero-order valence-electron chi connectivity index (χ0n) is 41.5. The number of fused-ring (bicyclic) bond motifs is 15. The molecule has 1 nitrogen and oxygen atoms in total. The summed E-state index contributed by atoms with van der Waals surface area (Å²) in [4.78, 5) is 0. The number of rotatable bonds is 1. The van der Waals surface area contributed by atoms with E-state index in [1.54, 1.807) is 0 Å². The van der Waals surface area contributed by atoms with Crippen LogP contribution in [0.5, 0.6) is 0 Å². The molecule has 0 amide bonds. The molecule has 0 aliphatic heterocycles. The van der Waals surface area contributed by atoms with Crippen LogP contribution in [0.25, 0.3) is 54.8 Å². The van der Waals surface area contributed by atoms with E-state index in [0.717, 1.165) is 0 Å². The van der Waals surface area contributed by atoms with Gasteiger partial charge in [0.25, 0.3) is 0 Å². The maximum absolute atomic E-state index is 2.46. The van der Waals surface area contributed by atoms with Gasteiger partial charge in [-0.15, -0.1) is 0 Å². The molecule has 0 atom stereocenters. The minimum atomic E-state index is -0.251. The topological polar surface area (TPSA) is 4.93 Å². The number of aromatic nitrogens is 1. The van der Waals surface area contributed by atoms with E-state index in [0.29, 0.717) is 5.92 Å². The molecule has 69 heavy (non-hydrogen) atoms. The number of benzene rings is 10. The lowest BCUT2D eigenvalue weighted by Gasteiger charge is -2.31. The second-order valence-electron chi connectivity index (χ2n) is 19.0. The molecule has 0 saturated carbocycles. The van der Waals surface area contributed by atoms with Crippen LogP contribution >= 0.6 is 0 Å². The zero-order chi connectivity index (χ0) is 48.1. The van der Waals surface area contributed by atoms with Crippen molar-refractivity contribution < 1.29 is 0 Å². The molecular weight excluding hydrogens is 831 g/mol. The molecule has 1 heterocycles. The van der Waals surface area contributed by atoms with Gasteiger partial charge >= 0.3 is 0 Å². The molecule has 10 aromatic carbocycles. The third-order valence-electron chi connectivity index (χ3n) is 13.9. The van der Waals surface area contributed by atoms with Crippen LogP contribution in [0.3, 0.4) is 0 Å². The molecule has 1 aromatic heterocycles. The molecule has 11 aromatic rings. The predicted octanol–water partition coefficient (Wildman–Crippen LogP) is 18.2. The van der Waals surface area contributed by atoms with Crippen LogP contribution in [0.15, 0.2) is 231 Å². The minimum Gasteiger partial charge on any atom is -0.344 e. The molecule has 0 fully saturated rings. The van der Waals surface area contributed by atoms with Gasteiger partial charge in [0.05, 0.1) is 5.41 Å². The summed E-state index contributed by atoms with van der Waals surface area (Å²) in [6, 6.07) is 82.7. The van der Waals surface area contributed by atoms with Crippen LogP contribution in [0.2, 0.25) is 0 Å². The summed E-state index contributed by atoms with van der Waals surface area (Å²) in [7, 11) is 2.13. The average molecular weight is 894 g/mol. The summed E-state index contributed by atoms with van der Waals surface area (Å²) in [6.45, 7) is 15.2. The molecule has 2 aliphatic rings. The highest BCUT2D eigenvalue weighted by molar-refractivity contribution is 6.09. The Morgan fingerprint density at radius 1 is 0.333 bits per heavy atom. The minimum absolute atomic E-state index is 0.251. The van der Waals surface area contributed by atoms with Gasteiger partial charge in [-0.2, -0.15) is 0 Å². The Balaban J connectivity index is 0.000000128. The van der Waals surface area contributed by atoms with Crippen molar-refractivity contribution in [2.24, 2.45) is 7.05 Å². The van der Waals surface area contributed by atoms with E-state index in [9.17, 15) is 0 Å². The van der Waals surface area contributed by atoms with Gasteiger partial charge in [0.1, 0.15) is 0 Å². The lowest BCUT2D eigenvalue weighted by Crippen LogP contribution is -2.26. The van der Waals surface area contributed by atoms with Crippen LogP contribution in [0, 0.1) is 34.6 Å². The van der Waals surface area contributed by atoms with E-state index < -0.39 is 0 Å². The van der Waals surface area contributed by atoms with Crippen molar-refractivity contribution in [1.29, 1.82) is 0 Å². The standard InChI is InChI=1S/C31H22.C14H13N.C9H12.2C7H8/c1-19-15-16-25-28(17-19)31(29-18-20(2)21-9-3-4-12-24(21)30(25)29)26-13-7-5-10-22(26)23-11-6-8-14-27(23)31;1-10-7-8-12-11-5-3-4-6-13(11)15(2)14(12)9-10;1-8(2)9-6-4-3-5-7-9;2*1-7-5-3-2-4-6-7/h3-18H,1-2H3;3-9H,1-2H3;3-8H,1-2H3;2*2-6H,1H3. The van der Waals surface area contributed by atoms with E-state index in [2.05, 4.69) is 248 Å². The van der Waals surface area contributed by atoms with Crippen molar-refractivity contribution in [3.63, 3.8) is 0 Å².